The minimum absolute atomic E-state index is 0.0705. The number of amides is 2. The standard InChI is InChI=1S/C25H30N6O2/c1-27-24(30-18-26)31-21-12-14-25(15-13-21,20-10-6-3-7-11-20)17-29-22(32)16-28-23(33)19-8-4-2-5-9-19/h2-11,21H,12-17H2,1H3,(H,28,33)(H,29,32)(H2,27,30,31)/t21-,25-. The SMILES string of the molecule is CN/C(=N\C#N)N[C@H]1CC[C@](CNC(=O)CNC(=O)c2ccccc2)(c2ccccc2)CC1. The topological polar surface area (TPSA) is 118 Å². The molecule has 0 aromatic heterocycles. The number of carbonyl (C=O) groups excluding carboxylic acids is 2. The van der Waals surface area contributed by atoms with Crippen molar-refractivity contribution in [3.8, 4) is 6.19 Å². The maximum absolute atomic E-state index is 12.5. The Morgan fingerprint density at radius 3 is 2.27 bits per heavy atom. The molecule has 0 radical (unpaired) electrons. The lowest BCUT2D eigenvalue weighted by molar-refractivity contribution is -0.120. The summed E-state index contributed by atoms with van der Waals surface area (Å²) in [5.74, 6) is -0.0138. The van der Waals surface area contributed by atoms with Crippen LogP contribution in [-0.2, 0) is 10.2 Å². The summed E-state index contributed by atoms with van der Waals surface area (Å²) in [4.78, 5) is 28.5. The van der Waals surface area contributed by atoms with Crippen LogP contribution in [0.4, 0.5) is 0 Å². The summed E-state index contributed by atoms with van der Waals surface area (Å²) in [7, 11) is 1.73. The van der Waals surface area contributed by atoms with Crippen LogP contribution in [0.5, 0.6) is 0 Å². The first-order chi connectivity index (χ1) is 16.1. The zero-order valence-corrected chi connectivity index (χ0v) is 18.8. The quantitative estimate of drug-likeness (QED) is 0.295. The van der Waals surface area contributed by atoms with Gasteiger partial charge in [-0.05, 0) is 43.4 Å². The molecule has 0 atom stereocenters. The number of guanidine groups is 1. The Morgan fingerprint density at radius 2 is 1.67 bits per heavy atom. The molecule has 1 saturated carbocycles. The Morgan fingerprint density at radius 1 is 1.03 bits per heavy atom. The molecule has 2 aromatic carbocycles. The molecule has 0 bridgehead atoms. The van der Waals surface area contributed by atoms with Gasteiger partial charge in [-0.25, -0.2) is 0 Å². The van der Waals surface area contributed by atoms with Gasteiger partial charge in [0.25, 0.3) is 5.91 Å². The smallest absolute Gasteiger partial charge is 0.251 e. The summed E-state index contributed by atoms with van der Waals surface area (Å²) in [6, 6.07) is 19.3. The summed E-state index contributed by atoms with van der Waals surface area (Å²) in [6.07, 6.45) is 5.29. The fourth-order valence-electron chi connectivity index (χ4n) is 4.26. The van der Waals surface area contributed by atoms with Crippen molar-refractivity contribution in [2.75, 3.05) is 20.1 Å². The van der Waals surface area contributed by atoms with Crippen LogP contribution in [0.3, 0.4) is 0 Å². The van der Waals surface area contributed by atoms with E-state index in [1.54, 1.807) is 37.5 Å². The molecule has 0 aliphatic heterocycles. The van der Waals surface area contributed by atoms with Crippen LogP contribution in [0.25, 0.3) is 0 Å². The van der Waals surface area contributed by atoms with Crippen molar-refractivity contribution < 1.29 is 9.59 Å². The second-order valence-electron chi connectivity index (χ2n) is 8.20. The van der Waals surface area contributed by atoms with Gasteiger partial charge in [0.2, 0.25) is 18.1 Å². The van der Waals surface area contributed by atoms with Crippen molar-refractivity contribution >= 4 is 17.8 Å². The number of hydrogen-bond donors (Lipinski definition) is 4. The summed E-state index contributed by atoms with van der Waals surface area (Å²) in [6.45, 7) is 0.424. The van der Waals surface area contributed by atoms with Gasteiger partial charge in [0.05, 0.1) is 6.54 Å². The summed E-state index contributed by atoms with van der Waals surface area (Å²) < 4.78 is 0. The highest BCUT2D eigenvalue weighted by Crippen LogP contribution is 2.39. The minimum Gasteiger partial charge on any atom is -0.359 e. The molecule has 0 heterocycles. The van der Waals surface area contributed by atoms with Crippen LogP contribution >= 0.6 is 0 Å². The highest BCUT2D eigenvalue weighted by molar-refractivity contribution is 5.96. The highest BCUT2D eigenvalue weighted by atomic mass is 16.2. The van der Waals surface area contributed by atoms with Crippen molar-refractivity contribution in [3.05, 3.63) is 71.8 Å². The van der Waals surface area contributed by atoms with Crippen molar-refractivity contribution in [1.29, 1.82) is 5.26 Å². The average molecular weight is 447 g/mol. The summed E-state index contributed by atoms with van der Waals surface area (Å²) in [5.41, 5.74) is 1.53. The number of benzene rings is 2. The molecule has 8 nitrogen and oxygen atoms in total. The van der Waals surface area contributed by atoms with E-state index < -0.39 is 0 Å². The molecule has 33 heavy (non-hydrogen) atoms. The average Bonchev–Trinajstić information content (AvgIpc) is 2.87. The van der Waals surface area contributed by atoms with Crippen molar-refractivity contribution in [1.82, 2.24) is 21.3 Å². The lowest BCUT2D eigenvalue weighted by atomic mass is 9.68. The molecule has 172 valence electrons. The first-order valence-corrected chi connectivity index (χ1v) is 11.1. The van der Waals surface area contributed by atoms with Gasteiger partial charge in [-0.2, -0.15) is 5.26 Å². The Balaban J connectivity index is 1.59. The van der Waals surface area contributed by atoms with Gasteiger partial charge >= 0.3 is 0 Å². The van der Waals surface area contributed by atoms with E-state index in [9.17, 15) is 9.59 Å². The van der Waals surface area contributed by atoms with E-state index in [0.717, 1.165) is 25.7 Å². The van der Waals surface area contributed by atoms with Crippen LogP contribution < -0.4 is 21.3 Å². The summed E-state index contributed by atoms with van der Waals surface area (Å²) >= 11 is 0. The number of hydrogen-bond acceptors (Lipinski definition) is 4. The third-order valence-corrected chi connectivity index (χ3v) is 6.14. The van der Waals surface area contributed by atoms with Crippen LogP contribution in [0.2, 0.25) is 0 Å². The molecule has 4 N–H and O–H groups in total. The van der Waals surface area contributed by atoms with Crippen LogP contribution in [-0.4, -0.2) is 44.0 Å². The van der Waals surface area contributed by atoms with Crippen LogP contribution in [0, 0.1) is 11.5 Å². The van der Waals surface area contributed by atoms with E-state index in [1.165, 1.54) is 5.56 Å². The maximum atomic E-state index is 12.5. The molecule has 3 rings (SSSR count). The monoisotopic (exact) mass is 446 g/mol. The molecule has 8 heteroatoms. The maximum Gasteiger partial charge on any atom is 0.251 e. The number of aliphatic imine (C=N–C) groups is 1. The van der Waals surface area contributed by atoms with Crippen molar-refractivity contribution in [2.24, 2.45) is 4.99 Å². The largest absolute Gasteiger partial charge is 0.359 e. The molecular formula is C25H30N6O2. The predicted octanol–water partition coefficient (Wildman–Crippen LogP) is 2.06. The molecular weight excluding hydrogens is 416 g/mol. The van der Waals surface area contributed by atoms with E-state index in [4.69, 9.17) is 5.26 Å². The normalized spacial score (nSPS) is 20.2. The third kappa shape index (κ3) is 6.56. The fourth-order valence-corrected chi connectivity index (χ4v) is 4.26. The molecule has 2 aromatic rings. The molecule has 0 saturated heterocycles. The zero-order valence-electron chi connectivity index (χ0n) is 18.8. The number of nitriles is 1. The molecule has 2 amide bonds. The van der Waals surface area contributed by atoms with Crippen molar-refractivity contribution in [3.63, 3.8) is 0 Å². The van der Waals surface area contributed by atoms with Gasteiger partial charge in [0.1, 0.15) is 0 Å². The second kappa shape index (κ2) is 11.7. The second-order valence-corrected chi connectivity index (χ2v) is 8.20. The molecule has 0 spiro atoms. The number of rotatable bonds is 7. The van der Waals surface area contributed by atoms with Gasteiger partial charge in [-0.1, -0.05) is 48.5 Å². The van der Waals surface area contributed by atoms with E-state index in [0.29, 0.717) is 18.1 Å². The van der Waals surface area contributed by atoms with Crippen LogP contribution in [0.15, 0.2) is 65.7 Å². The molecule has 1 fully saturated rings. The van der Waals surface area contributed by atoms with E-state index in [-0.39, 0.29) is 29.8 Å². The molecule has 1 aliphatic carbocycles. The van der Waals surface area contributed by atoms with Gasteiger partial charge in [0, 0.05) is 30.6 Å². The Kier molecular flexibility index (Phi) is 8.42. The van der Waals surface area contributed by atoms with E-state index in [2.05, 4.69) is 38.4 Å². The minimum atomic E-state index is -0.269. The summed E-state index contributed by atoms with van der Waals surface area (Å²) in [5, 5.41) is 20.7. The predicted molar refractivity (Wildman–Crippen MR) is 127 cm³/mol. The first-order valence-electron chi connectivity index (χ1n) is 11.1. The number of nitrogens with one attached hydrogen (secondary N) is 4. The Hall–Kier alpha value is -3.86. The molecule has 1 aliphatic rings. The zero-order chi connectivity index (χ0) is 23.5. The van der Waals surface area contributed by atoms with E-state index >= 15 is 0 Å². The lowest BCUT2D eigenvalue weighted by Gasteiger charge is -2.41. The van der Waals surface area contributed by atoms with Gasteiger partial charge in [-0.3, -0.25) is 9.59 Å². The Bertz CT molecular complexity index is 993. The van der Waals surface area contributed by atoms with Gasteiger partial charge < -0.3 is 21.3 Å². The van der Waals surface area contributed by atoms with Crippen molar-refractivity contribution in [2.45, 2.75) is 37.1 Å². The Labute approximate surface area is 194 Å². The third-order valence-electron chi connectivity index (χ3n) is 6.14. The van der Waals surface area contributed by atoms with Gasteiger partial charge in [0.15, 0.2) is 0 Å². The fraction of sp³-hybridized carbons (Fsp3) is 0.360. The lowest BCUT2D eigenvalue weighted by Crippen LogP contribution is -2.50. The number of nitrogens with zero attached hydrogens (tertiary/aromatic N) is 2. The van der Waals surface area contributed by atoms with E-state index in [1.807, 2.05) is 24.3 Å². The number of carbonyl (C=O) groups is 2. The molecule has 0 unspecified atom stereocenters. The first kappa shape index (κ1) is 23.8. The highest BCUT2D eigenvalue weighted by Gasteiger charge is 2.37. The van der Waals surface area contributed by atoms with Crippen LogP contribution in [0.1, 0.15) is 41.6 Å². The van der Waals surface area contributed by atoms with Gasteiger partial charge in [-0.15, -0.1) is 4.99 Å².